The van der Waals surface area contributed by atoms with Crippen LogP contribution in [0.15, 0.2) is 36.5 Å². The number of hydrogen-bond acceptors (Lipinski definition) is 2. The minimum Gasteiger partial charge on any atom is -0.395 e. The first-order chi connectivity index (χ1) is 12.3. The number of allylic oxidation sites excluding steroid dienone is 6. The number of carbonyl (C=O) groups excluding carboxylic acids is 1. The number of rotatable bonds is 17. The lowest BCUT2D eigenvalue weighted by Gasteiger charge is -2.02. The lowest BCUT2D eigenvalue weighted by Crippen LogP contribution is -2.25. The Hall–Kier alpha value is -1.35. The van der Waals surface area contributed by atoms with Gasteiger partial charge in [-0.05, 0) is 44.9 Å². The topological polar surface area (TPSA) is 49.3 Å². The maximum absolute atomic E-state index is 11.3. The van der Waals surface area contributed by atoms with Crippen molar-refractivity contribution in [3.05, 3.63) is 36.5 Å². The Bertz CT molecular complexity index is 372. The predicted molar refractivity (Wildman–Crippen MR) is 109 cm³/mol. The van der Waals surface area contributed by atoms with Crippen LogP contribution in [0.3, 0.4) is 0 Å². The minimum absolute atomic E-state index is 0.0169. The van der Waals surface area contributed by atoms with E-state index in [1.165, 1.54) is 38.5 Å². The highest BCUT2D eigenvalue weighted by Gasteiger charge is 1.99. The van der Waals surface area contributed by atoms with Crippen molar-refractivity contribution in [3.63, 3.8) is 0 Å². The molecule has 1 amide bonds. The normalized spacial score (nSPS) is 11.9. The summed E-state index contributed by atoms with van der Waals surface area (Å²) >= 11 is 0. The maximum atomic E-state index is 11.3. The van der Waals surface area contributed by atoms with Crippen molar-refractivity contribution >= 4 is 5.91 Å². The zero-order chi connectivity index (χ0) is 18.4. The van der Waals surface area contributed by atoms with E-state index in [2.05, 4.69) is 48.7 Å². The highest BCUT2D eigenvalue weighted by molar-refractivity contribution is 5.75. The average molecular weight is 350 g/mol. The zero-order valence-corrected chi connectivity index (χ0v) is 16.2. The van der Waals surface area contributed by atoms with Crippen LogP contribution in [0, 0.1) is 0 Å². The molecule has 3 heteroatoms. The molecular weight excluding hydrogens is 310 g/mol. The highest BCUT2D eigenvalue weighted by atomic mass is 16.3. The van der Waals surface area contributed by atoms with Crippen molar-refractivity contribution in [1.29, 1.82) is 0 Å². The number of aliphatic hydroxyl groups is 1. The molecule has 0 unspecified atom stereocenters. The molecule has 2 N–H and O–H groups in total. The van der Waals surface area contributed by atoms with Crippen LogP contribution in [-0.4, -0.2) is 24.2 Å². The number of amides is 1. The Morgan fingerprint density at radius 3 is 1.96 bits per heavy atom. The summed E-state index contributed by atoms with van der Waals surface area (Å²) in [5.74, 6) is 0.0523. The van der Waals surface area contributed by atoms with E-state index in [4.69, 9.17) is 5.11 Å². The molecule has 0 spiro atoms. The van der Waals surface area contributed by atoms with Gasteiger partial charge in [0.25, 0.3) is 0 Å². The first-order valence-electron chi connectivity index (χ1n) is 10.1. The first kappa shape index (κ1) is 23.6. The molecule has 0 aliphatic heterocycles. The monoisotopic (exact) mass is 349 g/mol. The van der Waals surface area contributed by atoms with Crippen LogP contribution in [0.2, 0.25) is 0 Å². The summed E-state index contributed by atoms with van der Waals surface area (Å²) in [4.78, 5) is 11.3. The second-order valence-corrected chi connectivity index (χ2v) is 6.41. The van der Waals surface area contributed by atoms with Crippen LogP contribution in [-0.2, 0) is 4.79 Å². The van der Waals surface area contributed by atoms with Gasteiger partial charge in [0.05, 0.1) is 6.61 Å². The van der Waals surface area contributed by atoms with Gasteiger partial charge in [-0.25, -0.2) is 0 Å². The minimum atomic E-state index is 0.0169. The molecule has 0 rings (SSSR count). The highest BCUT2D eigenvalue weighted by Crippen LogP contribution is 2.06. The Balaban J connectivity index is 3.32. The van der Waals surface area contributed by atoms with Crippen molar-refractivity contribution < 1.29 is 9.90 Å². The van der Waals surface area contributed by atoms with Gasteiger partial charge in [0.1, 0.15) is 0 Å². The Kier molecular flexibility index (Phi) is 19.6. The Labute approximate surface area is 155 Å². The van der Waals surface area contributed by atoms with Gasteiger partial charge in [0, 0.05) is 13.0 Å². The third kappa shape index (κ3) is 20.6. The van der Waals surface area contributed by atoms with E-state index in [-0.39, 0.29) is 12.5 Å². The molecule has 0 aliphatic rings. The van der Waals surface area contributed by atoms with Gasteiger partial charge in [-0.15, -0.1) is 0 Å². The zero-order valence-electron chi connectivity index (χ0n) is 16.2. The molecule has 0 aromatic rings. The van der Waals surface area contributed by atoms with Crippen molar-refractivity contribution in [3.8, 4) is 0 Å². The third-order valence-corrected chi connectivity index (χ3v) is 3.98. The van der Waals surface area contributed by atoms with Crippen molar-refractivity contribution in [2.45, 2.75) is 84.0 Å². The quantitative estimate of drug-likeness (QED) is 0.270. The van der Waals surface area contributed by atoms with E-state index in [1.54, 1.807) is 0 Å². The fraction of sp³-hybridized carbons (Fsp3) is 0.682. The number of carbonyl (C=O) groups is 1. The standard InChI is InChI=1S/C22H39NO2/c1-2-3-4-5-6-7-8-9-10-11-12-13-14-15-16-17-18-19-22(25)23-20-21-24/h6-7,9-10,12-13,24H,2-5,8,11,14-21H2,1H3,(H,23,25)/b7-6-,10-9-,13-12-. The number of unbranched alkanes of at least 4 members (excludes halogenated alkanes) is 7. The summed E-state index contributed by atoms with van der Waals surface area (Å²) < 4.78 is 0. The molecule has 25 heavy (non-hydrogen) atoms. The molecule has 144 valence electrons. The molecule has 0 saturated carbocycles. The molecule has 0 fully saturated rings. The number of nitrogens with one attached hydrogen (secondary N) is 1. The molecule has 0 radical (unpaired) electrons. The third-order valence-electron chi connectivity index (χ3n) is 3.98. The summed E-state index contributed by atoms with van der Waals surface area (Å²) in [7, 11) is 0. The van der Waals surface area contributed by atoms with Gasteiger partial charge >= 0.3 is 0 Å². The molecule has 3 nitrogen and oxygen atoms in total. The maximum Gasteiger partial charge on any atom is 0.220 e. The second kappa shape index (κ2) is 20.7. The molecule has 0 aliphatic carbocycles. The van der Waals surface area contributed by atoms with Gasteiger partial charge in [-0.3, -0.25) is 4.79 Å². The van der Waals surface area contributed by atoms with Gasteiger partial charge in [0.2, 0.25) is 5.91 Å². The van der Waals surface area contributed by atoms with E-state index in [0.29, 0.717) is 13.0 Å². The van der Waals surface area contributed by atoms with Gasteiger partial charge in [-0.1, -0.05) is 69.1 Å². The van der Waals surface area contributed by atoms with Crippen molar-refractivity contribution in [1.82, 2.24) is 5.32 Å². The Morgan fingerprint density at radius 2 is 1.36 bits per heavy atom. The van der Waals surface area contributed by atoms with Crippen LogP contribution in [0.5, 0.6) is 0 Å². The molecule has 0 bridgehead atoms. The number of hydrogen-bond donors (Lipinski definition) is 2. The van der Waals surface area contributed by atoms with Crippen LogP contribution in [0.25, 0.3) is 0 Å². The molecule has 0 saturated heterocycles. The first-order valence-corrected chi connectivity index (χ1v) is 10.1. The molecule has 0 aromatic heterocycles. The summed E-state index contributed by atoms with van der Waals surface area (Å²) in [6.07, 6.45) is 26.9. The van der Waals surface area contributed by atoms with E-state index in [0.717, 1.165) is 32.1 Å². The van der Waals surface area contributed by atoms with Crippen LogP contribution < -0.4 is 5.32 Å². The largest absolute Gasteiger partial charge is 0.395 e. The number of aliphatic hydroxyl groups excluding tert-OH is 1. The fourth-order valence-electron chi connectivity index (χ4n) is 2.47. The van der Waals surface area contributed by atoms with E-state index >= 15 is 0 Å². The smallest absolute Gasteiger partial charge is 0.220 e. The summed E-state index contributed by atoms with van der Waals surface area (Å²) in [5.41, 5.74) is 0. The lowest BCUT2D eigenvalue weighted by atomic mass is 10.1. The van der Waals surface area contributed by atoms with Gasteiger partial charge in [0.15, 0.2) is 0 Å². The van der Waals surface area contributed by atoms with Gasteiger partial charge < -0.3 is 10.4 Å². The summed E-state index contributed by atoms with van der Waals surface area (Å²) in [6, 6.07) is 0. The van der Waals surface area contributed by atoms with E-state index < -0.39 is 0 Å². The molecular formula is C22H39NO2. The summed E-state index contributed by atoms with van der Waals surface area (Å²) in [6.45, 7) is 2.62. The fourth-order valence-corrected chi connectivity index (χ4v) is 2.47. The Morgan fingerprint density at radius 1 is 0.800 bits per heavy atom. The molecule has 0 heterocycles. The predicted octanol–water partition coefficient (Wildman–Crippen LogP) is 5.46. The second-order valence-electron chi connectivity index (χ2n) is 6.41. The van der Waals surface area contributed by atoms with Crippen LogP contribution in [0.4, 0.5) is 0 Å². The van der Waals surface area contributed by atoms with E-state index in [9.17, 15) is 4.79 Å². The van der Waals surface area contributed by atoms with Crippen molar-refractivity contribution in [2.75, 3.05) is 13.2 Å². The van der Waals surface area contributed by atoms with E-state index in [1.807, 2.05) is 0 Å². The summed E-state index contributed by atoms with van der Waals surface area (Å²) in [5, 5.41) is 11.3. The lowest BCUT2D eigenvalue weighted by molar-refractivity contribution is -0.121. The van der Waals surface area contributed by atoms with Gasteiger partial charge in [-0.2, -0.15) is 0 Å². The molecule has 0 aromatic carbocycles. The average Bonchev–Trinajstić information content (AvgIpc) is 2.62. The SMILES string of the molecule is CCCCC/C=C\C/C=C\C/C=C\CCCCCCC(=O)NCCO. The van der Waals surface area contributed by atoms with Crippen molar-refractivity contribution in [2.24, 2.45) is 0 Å². The van der Waals surface area contributed by atoms with Crippen LogP contribution in [0.1, 0.15) is 84.0 Å². The van der Waals surface area contributed by atoms with Crippen LogP contribution >= 0.6 is 0 Å². The molecule has 0 atom stereocenters.